The second-order valence-electron chi connectivity index (χ2n) is 8.25. The molecule has 0 aliphatic rings. The molecule has 1 aromatic rings. The fraction of sp³-hybridized carbons (Fsp3) is 0.720. The summed E-state index contributed by atoms with van der Waals surface area (Å²) in [6.45, 7) is 2.33. The van der Waals surface area contributed by atoms with Crippen molar-refractivity contribution in [2.45, 2.75) is 109 Å². The van der Waals surface area contributed by atoms with E-state index in [1.807, 2.05) is 0 Å². The van der Waals surface area contributed by atoms with Crippen LogP contribution in [0, 0.1) is 5.82 Å². The molecule has 0 aromatic heterocycles. The zero-order valence-corrected chi connectivity index (χ0v) is 18.9. The van der Waals surface area contributed by atoms with Crippen molar-refractivity contribution in [2.24, 2.45) is 0 Å². The number of unbranched alkanes of at least 4 members (excludes halogenated alkanes) is 14. The molecule has 0 bridgehead atoms. The number of esters is 1. The summed E-state index contributed by atoms with van der Waals surface area (Å²) in [6, 6.07) is 2.64. The predicted molar refractivity (Wildman–Crippen MR) is 117 cm³/mol. The van der Waals surface area contributed by atoms with Gasteiger partial charge in [0.25, 0.3) is 0 Å². The standard InChI is InChI=1S/C25H38F4O2/c1-2-3-4-5-6-7-8-9-10-11-12-13-14-15-16-20-31-24(30)21-18-17-19-22(23(21)26)25(27,28)29/h17-19H,2-16,20H2,1H3. The van der Waals surface area contributed by atoms with Crippen LogP contribution >= 0.6 is 0 Å². The zero-order chi connectivity index (χ0) is 23.0. The third-order valence-corrected chi connectivity index (χ3v) is 5.51. The molecule has 0 unspecified atom stereocenters. The lowest BCUT2D eigenvalue weighted by molar-refractivity contribution is -0.140. The van der Waals surface area contributed by atoms with Gasteiger partial charge in [0.2, 0.25) is 0 Å². The van der Waals surface area contributed by atoms with Crippen LogP contribution in [0.25, 0.3) is 0 Å². The molecule has 0 spiro atoms. The molecule has 0 N–H and O–H groups in total. The van der Waals surface area contributed by atoms with Crippen molar-refractivity contribution < 1.29 is 27.1 Å². The van der Waals surface area contributed by atoms with Crippen molar-refractivity contribution in [3.8, 4) is 0 Å². The molecule has 0 atom stereocenters. The Balaban J connectivity index is 2.01. The number of rotatable bonds is 17. The van der Waals surface area contributed by atoms with Crippen molar-refractivity contribution in [1.82, 2.24) is 0 Å². The van der Waals surface area contributed by atoms with Gasteiger partial charge in [-0.2, -0.15) is 13.2 Å². The van der Waals surface area contributed by atoms with Crippen LogP contribution in [0.15, 0.2) is 18.2 Å². The van der Waals surface area contributed by atoms with Crippen LogP contribution in [-0.4, -0.2) is 12.6 Å². The van der Waals surface area contributed by atoms with Crippen LogP contribution in [0.2, 0.25) is 0 Å². The fourth-order valence-electron chi connectivity index (χ4n) is 3.62. The SMILES string of the molecule is CCCCCCCCCCCCCCCCCOC(=O)c1cccc(C(F)(F)F)c1F. The van der Waals surface area contributed by atoms with E-state index in [-0.39, 0.29) is 6.61 Å². The van der Waals surface area contributed by atoms with Crippen molar-refractivity contribution >= 4 is 5.97 Å². The first-order valence-corrected chi connectivity index (χ1v) is 11.9. The first-order valence-electron chi connectivity index (χ1n) is 11.9. The highest BCUT2D eigenvalue weighted by Gasteiger charge is 2.35. The van der Waals surface area contributed by atoms with Gasteiger partial charge in [0, 0.05) is 0 Å². The van der Waals surface area contributed by atoms with E-state index >= 15 is 0 Å². The number of carbonyl (C=O) groups excluding carboxylic acids is 1. The Morgan fingerprint density at radius 2 is 1.23 bits per heavy atom. The van der Waals surface area contributed by atoms with Gasteiger partial charge in [0.05, 0.1) is 17.7 Å². The average Bonchev–Trinajstić information content (AvgIpc) is 2.72. The van der Waals surface area contributed by atoms with E-state index in [1.54, 1.807) is 0 Å². The highest BCUT2D eigenvalue weighted by Crippen LogP contribution is 2.32. The van der Waals surface area contributed by atoms with Gasteiger partial charge in [-0.25, -0.2) is 9.18 Å². The van der Waals surface area contributed by atoms with Gasteiger partial charge in [-0.1, -0.05) is 103 Å². The Hall–Kier alpha value is -1.59. The highest BCUT2D eigenvalue weighted by molar-refractivity contribution is 5.90. The summed E-state index contributed by atoms with van der Waals surface area (Å²) in [5.41, 5.74) is -2.12. The van der Waals surface area contributed by atoms with E-state index in [0.717, 1.165) is 31.4 Å². The molecule has 0 fully saturated rings. The van der Waals surface area contributed by atoms with Gasteiger partial charge in [-0.15, -0.1) is 0 Å². The molecule has 0 radical (unpaired) electrons. The normalized spacial score (nSPS) is 11.6. The predicted octanol–water partition coefficient (Wildman–Crippen LogP) is 8.87. The summed E-state index contributed by atoms with van der Waals surface area (Å²) >= 11 is 0. The Labute approximate surface area is 184 Å². The number of carbonyl (C=O) groups is 1. The van der Waals surface area contributed by atoms with E-state index in [0.29, 0.717) is 12.5 Å². The van der Waals surface area contributed by atoms with Gasteiger partial charge in [0.1, 0.15) is 5.82 Å². The summed E-state index contributed by atoms with van der Waals surface area (Å²) in [7, 11) is 0. The lowest BCUT2D eigenvalue weighted by Gasteiger charge is -2.11. The molecule has 2 nitrogen and oxygen atoms in total. The molecule has 31 heavy (non-hydrogen) atoms. The molecule has 0 amide bonds. The van der Waals surface area contributed by atoms with Crippen LogP contribution in [0.1, 0.15) is 119 Å². The van der Waals surface area contributed by atoms with Gasteiger partial charge >= 0.3 is 12.1 Å². The lowest BCUT2D eigenvalue weighted by atomic mass is 10.0. The van der Waals surface area contributed by atoms with E-state index in [1.165, 1.54) is 70.6 Å². The molecule has 0 saturated heterocycles. The molecule has 0 aliphatic carbocycles. The first-order chi connectivity index (χ1) is 14.9. The first kappa shape index (κ1) is 27.4. The molecule has 0 heterocycles. The Bertz CT molecular complexity index is 614. The Morgan fingerprint density at radius 1 is 0.774 bits per heavy atom. The molecule has 0 saturated carbocycles. The highest BCUT2D eigenvalue weighted by atomic mass is 19.4. The number of halogens is 4. The van der Waals surface area contributed by atoms with E-state index in [4.69, 9.17) is 4.74 Å². The average molecular weight is 447 g/mol. The minimum absolute atomic E-state index is 0.0901. The van der Waals surface area contributed by atoms with E-state index in [9.17, 15) is 22.4 Å². The number of benzene rings is 1. The molecule has 1 aromatic carbocycles. The number of alkyl halides is 3. The molecular weight excluding hydrogens is 408 g/mol. The third-order valence-electron chi connectivity index (χ3n) is 5.51. The maximum Gasteiger partial charge on any atom is 0.419 e. The van der Waals surface area contributed by atoms with Crippen LogP contribution in [0.3, 0.4) is 0 Å². The monoisotopic (exact) mass is 446 g/mol. The number of hydrogen-bond acceptors (Lipinski definition) is 2. The quantitative estimate of drug-likeness (QED) is 0.136. The third kappa shape index (κ3) is 12.1. The van der Waals surface area contributed by atoms with Crippen molar-refractivity contribution in [2.75, 3.05) is 6.61 Å². The summed E-state index contributed by atoms with van der Waals surface area (Å²) in [5.74, 6) is -2.62. The maximum absolute atomic E-state index is 13.9. The smallest absolute Gasteiger partial charge is 0.419 e. The fourth-order valence-corrected chi connectivity index (χ4v) is 3.62. The summed E-state index contributed by atoms with van der Waals surface area (Å²) in [5, 5.41) is 0. The van der Waals surface area contributed by atoms with Gasteiger partial charge < -0.3 is 4.74 Å². The molecular formula is C25H38F4O2. The summed E-state index contributed by atoms with van der Waals surface area (Å²) < 4.78 is 57.0. The van der Waals surface area contributed by atoms with Gasteiger partial charge in [0.15, 0.2) is 0 Å². The molecule has 1 rings (SSSR count). The van der Waals surface area contributed by atoms with Crippen LogP contribution in [-0.2, 0) is 10.9 Å². The minimum atomic E-state index is -4.84. The van der Waals surface area contributed by atoms with Gasteiger partial charge in [-0.3, -0.25) is 0 Å². The number of hydrogen-bond donors (Lipinski definition) is 0. The van der Waals surface area contributed by atoms with Crippen molar-refractivity contribution in [1.29, 1.82) is 0 Å². The zero-order valence-electron chi connectivity index (χ0n) is 18.9. The van der Waals surface area contributed by atoms with Crippen LogP contribution in [0.5, 0.6) is 0 Å². The van der Waals surface area contributed by atoms with E-state index < -0.39 is 29.1 Å². The van der Waals surface area contributed by atoms with Crippen molar-refractivity contribution in [3.63, 3.8) is 0 Å². The molecule has 0 aliphatic heterocycles. The second kappa shape index (κ2) is 16.1. The molecule has 6 heteroatoms. The minimum Gasteiger partial charge on any atom is -0.462 e. The topological polar surface area (TPSA) is 26.3 Å². The van der Waals surface area contributed by atoms with Crippen molar-refractivity contribution in [3.05, 3.63) is 35.1 Å². The Morgan fingerprint density at radius 3 is 1.68 bits per heavy atom. The summed E-state index contributed by atoms with van der Waals surface area (Å²) in [6.07, 6.45) is 13.4. The van der Waals surface area contributed by atoms with Crippen LogP contribution < -0.4 is 0 Å². The van der Waals surface area contributed by atoms with E-state index in [2.05, 4.69) is 6.92 Å². The second-order valence-corrected chi connectivity index (χ2v) is 8.25. The number of ether oxygens (including phenoxy) is 1. The van der Waals surface area contributed by atoms with Crippen LogP contribution in [0.4, 0.5) is 17.6 Å². The molecule has 178 valence electrons. The largest absolute Gasteiger partial charge is 0.462 e. The lowest BCUT2D eigenvalue weighted by Crippen LogP contribution is -2.14. The Kier molecular flexibility index (Phi) is 14.3. The van der Waals surface area contributed by atoms with Gasteiger partial charge in [-0.05, 0) is 18.6 Å². The maximum atomic E-state index is 13.9. The summed E-state index contributed by atoms with van der Waals surface area (Å²) in [4.78, 5) is 11.9.